The van der Waals surface area contributed by atoms with Crippen LogP contribution < -0.4 is 0 Å². The van der Waals surface area contributed by atoms with Crippen molar-refractivity contribution in [3.8, 4) is 0 Å². The van der Waals surface area contributed by atoms with E-state index in [0.29, 0.717) is 5.92 Å². The van der Waals surface area contributed by atoms with Crippen LogP contribution in [-0.2, 0) is 4.74 Å². The summed E-state index contributed by atoms with van der Waals surface area (Å²) in [5, 5.41) is 10.6. The van der Waals surface area contributed by atoms with Crippen LogP contribution in [0.2, 0.25) is 0 Å². The second-order valence-electron chi connectivity index (χ2n) is 12.4. The normalized spacial score (nSPS) is 19.7. The number of aliphatic hydroxyl groups is 1. The third-order valence-electron chi connectivity index (χ3n) is 8.58. The minimum absolute atomic E-state index is 0. The van der Waals surface area contributed by atoms with Crippen LogP contribution in [0.15, 0.2) is 34.6 Å². The zero-order valence-corrected chi connectivity index (χ0v) is 26.0. The monoisotopic (exact) mass is 533 g/mol. The van der Waals surface area contributed by atoms with E-state index in [2.05, 4.69) is 60.6 Å². The lowest BCUT2D eigenvalue weighted by Crippen LogP contribution is -2.23. The van der Waals surface area contributed by atoms with Gasteiger partial charge < -0.3 is 9.84 Å². The molecular formula is C36H68O2. The summed E-state index contributed by atoms with van der Waals surface area (Å²) >= 11 is 0. The average Bonchev–Trinajstić information content (AvgIpc) is 2.87. The number of hydrogen-bond donors (Lipinski definition) is 1. The van der Waals surface area contributed by atoms with Crippen molar-refractivity contribution >= 4 is 0 Å². The molecule has 0 saturated carbocycles. The highest BCUT2D eigenvalue weighted by Gasteiger charge is 2.26. The first-order chi connectivity index (χ1) is 17.8. The van der Waals surface area contributed by atoms with E-state index in [1.54, 1.807) is 5.57 Å². The quantitative estimate of drug-likeness (QED) is 0.111. The van der Waals surface area contributed by atoms with Gasteiger partial charge in [0, 0.05) is 5.92 Å². The molecule has 0 radical (unpaired) electrons. The molecule has 1 aliphatic rings. The van der Waals surface area contributed by atoms with Crippen molar-refractivity contribution in [2.45, 2.75) is 171 Å². The number of rotatable bonds is 22. The number of ether oxygens (including phenoxy) is 1. The average molecular weight is 533 g/mol. The van der Waals surface area contributed by atoms with Crippen LogP contribution in [-0.4, -0.2) is 17.8 Å². The molecule has 4 unspecified atom stereocenters. The molecule has 0 spiro atoms. The van der Waals surface area contributed by atoms with Gasteiger partial charge >= 0.3 is 0 Å². The predicted molar refractivity (Wildman–Crippen MR) is 171 cm³/mol. The van der Waals surface area contributed by atoms with E-state index in [-0.39, 0.29) is 19.4 Å². The largest absolute Gasteiger partial charge is 0.493 e. The summed E-state index contributed by atoms with van der Waals surface area (Å²) in [5.41, 5.74) is 4.06. The summed E-state index contributed by atoms with van der Waals surface area (Å²) in [6.07, 6.45) is 25.9. The SMILES string of the molecule is C.CCCC/C=C(\C)CCCC(C)CCCC(C)CCC1=CC(O)C(C)C(C)=C1OCCCCCCCC. The molecule has 0 aromatic rings. The molecule has 2 heteroatoms. The lowest BCUT2D eigenvalue weighted by Gasteiger charge is -2.29. The first-order valence-corrected chi connectivity index (χ1v) is 16.2. The third-order valence-corrected chi connectivity index (χ3v) is 8.58. The molecule has 4 atom stereocenters. The lowest BCUT2D eigenvalue weighted by atomic mass is 9.84. The number of aliphatic hydroxyl groups excluding tert-OH is 1. The molecule has 0 aromatic heterocycles. The molecule has 0 fully saturated rings. The first-order valence-electron chi connectivity index (χ1n) is 16.2. The van der Waals surface area contributed by atoms with E-state index in [9.17, 15) is 5.11 Å². The van der Waals surface area contributed by atoms with Gasteiger partial charge in [0.15, 0.2) is 0 Å². The van der Waals surface area contributed by atoms with Gasteiger partial charge in [0.05, 0.1) is 12.7 Å². The van der Waals surface area contributed by atoms with E-state index in [4.69, 9.17) is 4.74 Å². The van der Waals surface area contributed by atoms with Crippen molar-refractivity contribution in [1.82, 2.24) is 0 Å². The molecule has 0 amide bonds. The molecule has 0 aromatic carbocycles. The lowest BCUT2D eigenvalue weighted by molar-refractivity contribution is 0.154. The van der Waals surface area contributed by atoms with Crippen molar-refractivity contribution in [1.29, 1.82) is 0 Å². The first kappa shape index (κ1) is 37.0. The second-order valence-corrected chi connectivity index (χ2v) is 12.4. The fourth-order valence-corrected chi connectivity index (χ4v) is 5.49. The highest BCUT2D eigenvalue weighted by molar-refractivity contribution is 5.37. The molecule has 0 saturated heterocycles. The van der Waals surface area contributed by atoms with E-state index in [1.165, 1.54) is 107 Å². The molecule has 0 heterocycles. The molecular weight excluding hydrogens is 464 g/mol. The molecule has 38 heavy (non-hydrogen) atoms. The highest BCUT2D eigenvalue weighted by Crippen LogP contribution is 2.34. The maximum absolute atomic E-state index is 10.6. The van der Waals surface area contributed by atoms with Crippen LogP contribution in [0.3, 0.4) is 0 Å². The van der Waals surface area contributed by atoms with Gasteiger partial charge in [-0.1, -0.05) is 124 Å². The Labute approximate surface area is 239 Å². The number of hydrogen-bond acceptors (Lipinski definition) is 2. The fraction of sp³-hybridized carbons (Fsp3) is 0.833. The molecule has 1 aliphatic carbocycles. The summed E-state index contributed by atoms with van der Waals surface area (Å²) in [6.45, 7) is 16.8. The van der Waals surface area contributed by atoms with E-state index in [1.807, 2.05) is 0 Å². The Morgan fingerprint density at radius 2 is 1.50 bits per heavy atom. The Morgan fingerprint density at radius 1 is 0.895 bits per heavy atom. The topological polar surface area (TPSA) is 29.5 Å². The third kappa shape index (κ3) is 16.2. The van der Waals surface area contributed by atoms with Gasteiger partial charge in [0.2, 0.25) is 0 Å². The van der Waals surface area contributed by atoms with Crippen LogP contribution in [0, 0.1) is 17.8 Å². The van der Waals surface area contributed by atoms with Crippen molar-refractivity contribution in [2.75, 3.05) is 6.61 Å². The van der Waals surface area contributed by atoms with Gasteiger partial charge in [0.25, 0.3) is 0 Å². The summed E-state index contributed by atoms with van der Waals surface area (Å²) < 4.78 is 6.36. The summed E-state index contributed by atoms with van der Waals surface area (Å²) in [4.78, 5) is 0. The summed E-state index contributed by atoms with van der Waals surface area (Å²) in [5.74, 6) is 2.79. The van der Waals surface area contributed by atoms with Crippen LogP contribution in [0.4, 0.5) is 0 Å². The Hall–Kier alpha value is -1.02. The van der Waals surface area contributed by atoms with Crippen LogP contribution in [0.25, 0.3) is 0 Å². The molecule has 0 bridgehead atoms. The minimum atomic E-state index is -0.377. The number of allylic oxidation sites excluding steroid dienone is 3. The van der Waals surface area contributed by atoms with Crippen molar-refractivity contribution in [3.63, 3.8) is 0 Å². The smallest absolute Gasteiger partial charge is 0.121 e. The van der Waals surface area contributed by atoms with Crippen molar-refractivity contribution in [2.24, 2.45) is 17.8 Å². The van der Waals surface area contributed by atoms with Crippen LogP contribution in [0.5, 0.6) is 0 Å². The van der Waals surface area contributed by atoms with Gasteiger partial charge in [-0.15, -0.1) is 0 Å². The molecule has 224 valence electrons. The van der Waals surface area contributed by atoms with Crippen LogP contribution in [0.1, 0.15) is 165 Å². The zero-order valence-electron chi connectivity index (χ0n) is 26.0. The van der Waals surface area contributed by atoms with Gasteiger partial charge in [-0.2, -0.15) is 0 Å². The number of unbranched alkanes of at least 4 members (excludes halogenated alkanes) is 7. The molecule has 1 N–H and O–H groups in total. The minimum Gasteiger partial charge on any atom is -0.493 e. The Balaban J connectivity index is 0.0000137. The van der Waals surface area contributed by atoms with Gasteiger partial charge in [-0.25, -0.2) is 0 Å². The van der Waals surface area contributed by atoms with Gasteiger partial charge in [-0.05, 0) is 81.4 Å². The Bertz CT molecular complexity index is 671. The zero-order chi connectivity index (χ0) is 27.5. The molecule has 1 rings (SSSR count). The standard InChI is InChI=1S/C35H64O2.CH4/c1-8-10-12-13-14-16-26-37-35-32(7)31(6)34(36)27-33(35)25-24-30(5)23-18-22-29(4)21-17-20-28(3)19-15-11-9-2;/h19,27,29-31,34,36H,8-18,20-26H2,1-7H3;1H4/b28-19+;. The fourth-order valence-electron chi connectivity index (χ4n) is 5.49. The summed E-state index contributed by atoms with van der Waals surface area (Å²) in [6, 6.07) is 0. The molecule has 2 nitrogen and oxygen atoms in total. The summed E-state index contributed by atoms with van der Waals surface area (Å²) in [7, 11) is 0. The van der Waals surface area contributed by atoms with Gasteiger partial charge in [0.1, 0.15) is 5.76 Å². The van der Waals surface area contributed by atoms with Crippen molar-refractivity contribution in [3.05, 3.63) is 34.6 Å². The van der Waals surface area contributed by atoms with Crippen molar-refractivity contribution < 1.29 is 9.84 Å². The molecule has 0 aliphatic heterocycles. The maximum Gasteiger partial charge on any atom is 0.121 e. The highest BCUT2D eigenvalue weighted by atomic mass is 16.5. The van der Waals surface area contributed by atoms with E-state index in [0.717, 1.165) is 31.1 Å². The second kappa shape index (κ2) is 22.8. The van der Waals surface area contributed by atoms with Crippen LogP contribution >= 0.6 is 0 Å². The maximum atomic E-state index is 10.6. The van der Waals surface area contributed by atoms with E-state index < -0.39 is 0 Å². The predicted octanol–water partition coefficient (Wildman–Crippen LogP) is 11.7. The Kier molecular flexibility index (Phi) is 22.1. The van der Waals surface area contributed by atoms with Gasteiger partial charge in [-0.3, -0.25) is 0 Å². The van der Waals surface area contributed by atoms with E-state index >= 15 is 0 Å². The Morgan fingerprint density at radius 3 is 2.18 bits per heavy atom.